The summed E-state index contributed by atoms with van der Waals surface area (Å²) in [5.41, 5.74) is -0.352. The van der Waals surface area contributed by atoms with E-state index in [1.807, 2.05) is 4.57 Å². The number of carbonyl (C=O) groups is 1. The van der Waals surface area contributed by atoms with Crippen molar-refractivity contribution in [1.82, 2.24) is 25.4 Å². The Kier molecular flexibility index (Phi) is 5.43. The molecule has 0 saturated carbocycles. The summed E-state index contributed by atoms with van der Waals surface area (Å²) in [5, 5.41) is 13.5. The van der Waals surface area contributed by atoms with Crippen LogP contribution in [0.2, 0.25) is 0 Å². The number of nitrogens with one attached hydrogen (secondary N) is 2. The van der Waals surface area contributed by atoms with Gasteiger partial charge in [0.15, 0.2) is 5.82 Å². The van der Waals surface area contributed by atoms with Crippen LogP contribution in [0.5, 0.6) is 0 Å². The molecule has 1 aliphatic rings. The van der Waals surface area contributed by atoms with Crippen LogP contribution in [0.4, 0.5) is 18.0 Å². The maximum Gasteiger partial charge on any atom is 0.416 e. The fourth-order valence-corrected chi connectivity index (χ4v) is 2.94. The molecule has 0 bridgehead atoms. The molecule has 2 heterocycles. The number of aryl methyl sites for hydroxylation is 1. The lowest BCUT2D eigenvalue weighted by Gasteiger charge is -2.11. The predicted octanol–water partition coefficient (Wildman–Crippen LogP) is 3.02. The molecule has 0 radical (unpaired) electrons. The van der Waals surface area contributed by atoms with Crippen LogP contribution >= 0.6 is 0 Å². The van der Waals surface area contributed by atoms with Crippen molar-refractivity contribution in [2.24, 2.45) is 0 Å². The molecule has 2 amide bonds. The number of urea groups is 1. The standard InChI is InChI=1S/C17H20F3N5O/c18-17(19,20)13-6-4-5-12(9-13)10-21-16(26)22-11-15-24-23-14-7-2-1-3-8-25(14)15/h4-6,9H,1-3,7-8,10-11H2,(H2,21,22,26). The topological polar surface area (TPSA) is 71.8 Å². The maximum atomic E-state index is 12.7. The van der Waals surface area contributed by atoms with Gasteiger partial charge in [-0.05, 0) is 30.5 Å². The number of amides is 2. The van der Waals surface area contributed by atoms with Crippen molar-refractivity contribution in [1.29, 1.82) is 0 Å². The van der Waals surface area contributed by atoms with E-state index in [1.165, 1.54) is 12.1 Å². The summed E-state index contributed by atoms with van der Waals surface area (Å²) in [4.78, 5) is 11.9. The highest BCUT2D eigenvalue weighted by atomic mass is 19.4. The van der Waals surface area contributed by atoms with Crippen molar-refractivity contribution >= 4 is 6.03 Å². The average molecular weight is 367 g/mol. The number of hydrogen-bond acceptors (Lipinski definition) is 3. The van der Waals surface area contributed by atoms with E-state index < -0.39 is 17.8 Å². The van der Waals surface area contributed by atoms with Gasteiger partial charge < -0.3 is 15.2 Å². The first-order valence-electron chi connectivity index (χ1n) is 8.52. The number of aromatic nitrogens is 3. The first kappa shape index (κ1) is 18.2. The molecule has 0 fully saturated rings. The fourth-order valence-electron chi connectivity index (χ4n) is 2.94. The third-order valence-corrected chi connectivity index (χ3v) is 4.30. The second kappa shape index (κ2) is 7.76. The van der Waals surface area contributed by atoms with Crippen LogP contribution in [0.1, 0.15) is 42.0 Å². The van der Waals surface area contributed by atoms with Crippen molar-refractivity contribution in [3.63, 3.8) is 0 Å². The van der Waals surface area contributed by atoms with Crippen LogP contribution in [0.25, 0.3) is 0 Å². The quantitative estimate of drug-likeness (QED) is 0.873. The molecular weight excluding hydrogens is 347 g/mol. The van der Waals surface area contributed by atoms with Gasteiger partial charge in [-0.1, -0.05) is 18.6 Å². The summed E-state index contributed by atoms with van der Waals surface area (Å²) in [5.74, 6) is 1.62. The van der Waals surface area contributed by atoms with Crippen LogP contribution in [0.3, 0.4) is 0 Å². The van der Waals surface area contributed by atoms with Crippen molar-refractivity contribution in [2.45, 2.75) is 51.5 Å². The first-order chi connectivity index (χ1) is 12.4. The van der Waals surface area contributed by atoms with E-state index in [2.05, 4.69) is 20.8 Å². The van der Waals surface area contributed by atoms with E-state index in [4.69, 9.17) is 0 Å². The van der Waals surface area contributed by atoms with Gasteiger partial charge in [-0.2, -0.15) is 13.2 Å². The van der Waals surface area contributed by atoms with Crippen molar-refractivity contribution in [2.75, 3.05) is 0 Å². The van der Waals surface area contributed by atoms with Gasteiger partial charge in [0, 0.05) is 19.5 Å². The predicted molar refractivity (Wildman–Crippen MR) is 88.1 cm³/mol. The minimum absolute atomic E-state index is 0.00763. The lowest BCUT2D eigenvalue weighted by molar-refractivity contribution is -0.137. The van der Waals surface area contributed by atoms with Gasteiger partial charge in [-0.15, -0.1) is 10.2 Å². The molecule has 0 aliphatic carbocycles. The van der Waals surface area contributed by atoms with Crippen LogP contribution in [-0.2, 0) is 32.2 Å². The molecule has 3 rings (SSSR count). The smallest absolute Gasteiger partial charge is 0.334 e. The molecule has 0 spiro atoms. The Hall–Kier alpha value is -2.58. The molecule has 2 aromatic rings. The zero-order chi connectivity index (χ0) is 18.6. The van der Waals surface area contributed by atoms with E-state index in [0.717, 1.165) is 50.2 Å². The number of rotatable bonds is 4. The minimum Gasteiger partial charge on any atom is -0.334 e. The highest BCUT2D eigenvalue weighted by molar-refractivity contribution is 5.73. The van der Waals surface area contributed by atoms with Gasteiger partial charge in [0.25, 0.3) is 0 Å². The highest BCUT2D eigenvalue weighted by Crippen LogP contribution is 2.29. The summed E-state index contributed by atoms with van der Waals surface area (Å²) in [7, 11) is 0. The normalized spacial score (nSPS) is 14.4. The molecule has 0 saturated heterocycles. The van der Waals surface area contributed by atoms with Crippen molar-refractivity contribution in [3.05, 3.63) is 47.0 Å². The molecule has 1 aromatic heterocycles. The first-order valence-corrected chi connectivity index (χ1v) is 8.52. The Morgan fingerprint density at radius 3 is 2.73 bits per heavy atom. The second-order valence-electron chi connectivity index (χ2n) is 6.23. The zero-order valence-corrected chi connectivity index (χ0v) is 14.1. The average Bonchev–Trinajstić information content (AvgIpc) is 2.84. The van der Waals surface area contributed by atoms with Crippen LogP contribution in [-0.4, -0.2) is 20.8 Å². The van der Waals surface area contributed by atoms with Gasteiger partial charge >= 0.3 is 12.2 Å². The molecule has 6 nitrogen and oxygen atoms in total. The van der Waals surface area contributed by atoms with Gasteiger partial charge in [-0.3, -0.25) is 0 Å². The molecule has 26 heavy (non-hydrogen) atoms. The van der Waals surface area contributed by atoms with Crippen LogP contribution in [0, 0.1) is 0 Å². The number of fused-ring (bicyclic) bond motifs is 1. The van der Waals surface area contributed by atoms with Crippen molar-refractivity contribution in [3.8, 4) is 0 Å². The lowest BCUT2D eigenvalue weighted by Crippen LogP contribution is -2.35. The molecule has 2 N–H and O–H groups in total. The number of hydrogen-bond donors (Lipinski definition) is 2. The van der Waals surface area contributed by atoms with E-state index >= 15 is 0 Å². The Bertz CT molecular complexity index is 772. The largest absolute Gasteiger partial charge is 0.416 e. The minimum atomic E-state index is -4.40. The molecule has 0 unspecified atom stereocenters. The monoisotopic (exact) mass is 367 g/mol. The number of carbonyl (C=O) groups excluding carboxylic acids is 1. The third-order valence-electron chi connectivity index (χ3n) is 4.30. The number of benzene rings is 1. The molecular formula is C17H20F3N5O. The zero-order valence-electron chi connectivity index (χ0n) is 14.1. The Morgan fingerprint density at radius 2 is 1.92 bits per heavy atom. The molecule has 9 heteroatoms. The second-order valence-corrected chi connectivity index (χ2v) is 6.23. The lowest BCUT2D eigenvalue weighted by atomic mass is 10.1. The van der Waals surface area contributed by atoms with Crippen LogP contribution in [0.15, 0.2) is 24.3 Å². The highest BCUT2D eigenvalue weighted by Gasteiger charge is 2.30. The van der Waals surface area contributed by atoms with Crippen molar-refractivity contribution < 1.29 is 18.0 Å². The van der Waals surface area contributed by atoms with Gasteiger partial charge in [-0.25, -0.2) is 4.79 Å². The Morgan fingerprint density at radius 1 is 1.12 bits per heavy atom. The number of nitrogens with zero attached hydrogens (tertiary/aromatic N) is 3. The molecule has 1 aliphatic heterocycles. The van der Waals surface area contributed by atoms with E-state index in [0.29, 0.717) is 11.4 Å². The molecule has 140 valence electrons. The maximum absolute atomic E-state index is 12.7. The molecule has 1 aromatic carbocycles. The SMILES string of the molecule is O=C(NCc1cccc(C(F)(F)F)c1)NCc1nnc2n1CCCCC2. The van der Waals surface area contributed by atoms with Gasteiger partial charge in [0.2, 0.25) is 0 Å². The Balaban J connectivity index is 1.52. The fraction of sp³-hybridized carbons (Fsp3) is 0.471. The summed E-state index contributed by atoms with van der Waals surface area (Å²) >= 11 is 0. The third kappa shape index (κ3) is 4.53. The summed E-state index contributed by atoms with van der Waals surface area (Å²) < 4.78 is 40.1. The molecule has 0 atom stereocenters. The summed E-state index contributed by atoms with van der Waals surface area (Å²) in [6.45, 7) is 1.07. The number of alkyl halides is 3. The Labute approximate surface area is 148 Å². The van der Waals surface area contributed by atoms with Crippen LogP contribution < -0.4 is 10.6 Å². The van der Waals surface area contributed by atoms with Gasteiger partial charge in [0.05, 0.1) is 12.1 Å². The van der Waals surface area contributed by atoms with E-state index in [-0.39, 0.29) is 13.1 Å². The van der Waals surface area contributed by atoms with Gasteiger partial charge in [0.1, 0.15) is 5.82 Å². The van der Waals surface area contributed by atoms with E-state index in [1.54, 1.807) is 0 Å². The summed E-state index contributed by atoms with van der Waals surface area (Å²) in [6, 6.07) is 4.42. The summed E-state index contributed by atoms with van der Waals surface area (Å²) in [6.07, 6.45) is -0.227. The van der Waals surface area contributed by atoms with E-state index in [9.17, 15) is 18.0 Å². The number of halogens is 3.